The summed E-state index contributed by atoms with van der Waals surface area (Å²) in [6, 6.07) is 9.30. The van der Waals surface area contributed by atoms with Crippen LogP contribution in [0.3, 0.4) is 0 Å². The van der Waals surface area contributed by atoms with Crippen molar-refractivity contribution in [1.29, 1.82) is 0 Å². The first-order chi connectivity index (χ1) is 15.6. The van der Waals surface area contributed by atoms with E-state index in [1.54, 1.807) is 6.92 Å². The van der Waals surface area contributed by atoms with Gasteiger partial charge in [0.25, 0.3) is 0 Å². The van der Waals surface area contributed by atoms with E-state index in [1.165, 1.54) is 19.1 Å². The lowest BCUT2D eigenvalue weighted by Gasteiger charge is -2.45. The number of likely N-dealkylation sites (tertiary alicyclic amines) is 1. The average Bonchev–Trinajstić information content (AvgIpc) is 3.37. The summed E-state index contributed by atoms with van der Waals surface area (Å²) in [6.07, 6.45) is -2.52. The number of rotatable bonds is 7. The van der Waals surface area contributed by atoms with Crippen molar-refractivity contribution in [1.82, 2.24) is 10.2 Å². The fourth-order valence-electron chi connectivity index (χ4n) is 5.63. The Morgan fingerprint density at radius 1 is 1.24 bits per heavy atom. The number of alkyl carbamates (subject to hydrolysis) is 1. The SMILES string of the molecule is COC1(OC)CO[C@@H]2[C@@H](F)CN(C(=O)C3(NC(=O)OCc4ccccc4)C[C@H]3C(C)C)[C@@]21C. The fourth-order valence-corrected chi connectivity index (χ4v) is 5.63. The minimum Gasteiger partial charge on any atom is -0.445 e. The Hall–Kier alpha value is -2.23. The number of methoxy groups -OCH3 is 2. The van der Waals surface area contributed by atoms with Crippen molar-refractivity contribution < 1.29 is 32.9 Å². The number of halogens is 1. The van der Waals surface area contributed by atoms with Crippen molar-refractivity contribution in [2.24, 2.45) is 11.8 Å². The van der Waals surface area contributed by atoms with E-state index in [0.29, 0.717) is 6.42 Å². The van der Waals surface area contributed by atoms with E-state index < -0.39 is 35.2 Å². The van der Waals surface area contributed by atoms with Crippen LogP contribution >= 0.6 is 0 Å². The maximum atomic E-state index is 15.0. The molecule has 3 aliphatic rings. The van der Waals surface area contributed by atoms with Crippen molar-refractivity contribution in [3.05, 3.63) is 35.9 Å². The number of hydrogen-bond acceptors (Lipinski definition) is 6. The molecule has 4 rings (SSSR count). The Morgan fingerprint density at radius 3 is 2.48 bits per heavy atom. The van der Waals surface area contributed by atoms with Gasteiger partial charge in [0, 0.05) is 14.2 Å². The van der Waals surface area contributed by atoms with Gasteiger partial charge in [-0.1, -0.05) is 44.2 Å². The van der Waals surface area contributed by atoms with Crippen LogP contribution in [0.15, 0.2) is 30.3 Å². The topological polar surface area (TPSA) is 86.3 Å². The molecule has 0 aromatic heterocycles. The summed E-state index contributed by atoms with van der Waals surface area (Å²) in [5.41, 5.74) is -1.53. The molecule has 8 nitrogen and oxygen atoms in total. The largest absolute Gasteiger partial charge is 0.445 e. The Kier molecular flexibility index (Phi) is 6.18. The van der Waals surface area contributed by atoms with Gasteiger partial charge in [-0.2, -0.15) is 0 Å². The number of fused-ring (bicyclic) bond motifs is 1. The summed E-state index contributed by atoms with van der Waals surface area (Å²) < 4.78 is 37.5. The van der Waals surface area contributed by atoms with E-state index in [4.69, 9.17) is 18.9 Å². The molecule has 2 saturated heterocycles. The average molecular weight is 465 g/mol. The second kappa shape index (κ2) is 8.52. The number of nitrogens with one attached hydrogen (secondary N) is 1. The number of benzene rings is 1. The van der Waals surface area contributed by atoms with Crippen LogP contribution in [0.1, 0.15) is 32.8 Å². The van der Waals surface area contributed by atoms with E-state index >= 15 is 4.39 Å². The van der Waals surface area contributed by atoms with E-state index in [2.05, 4.69) is 5.32 Å². The summed E-state index contributed by atoms with van der Waals surface area (Å²) in [5, 5.41) is 2.82. The molecular weight excluding hydrogens is 431 g/mol. The van der Waals surface area contributed by atoms with Crippen LogP contribution in [-0.2, 0) is 30.3 Å². The van der Waals surface area contributed by atoms with Gasteiger partial charge in [-0.3, -0.25) is 4.79 Å². The minimum absolute atomic E-state index is 0.00147. The first-order valence-electron chi connectivity index (χ1n) is 11.3. The maximum absolute atomic E-state index is 15.0. The quantitative estimate of drug-likeness (QED) is 0.625. The van der Waals surface area contributed by atoms with Crippen molar-refractivity contribution >= 4 is 12.0 Å². The minimum atomic E-state index is -1.40. The van der Waals surface area contributed by atoms with Crippen molar-refractivity contribution in [2.45, 2.75) is 62.9 Å². The summed E-state index contributed by atoms with van der Waals surface area (Å²) in [5.74, 6) is -1.65. The highest BCUT2D eigenvalue weighted by Crippen LogP contribution is 2.55. The maximum Gasteiger partial charge on any atom is 0.408 e. The Morgan fingerprint density at radius 2 is 1.91 bits per heavy atom. The van der Waals surface area contributed by atoms with Gasteiger partial charge >= 0.3 is 6.09 Å². The van der Waals surface area contributed by atoms with Gasteiger partial charge in [-0.25, -0.2) is 9.18 Å². The molecule has 0 bridgehead atoms. The molecule has 1 aromatic rings. The van der Waals surface area contributed by atoms with E-state index in [-0.39, 0.29) is 37.5 Å². The molecule has 2 aliphatic heterocycles. The van der Waals surface area contributed by atoms with Crippen LogP contribution < -0.4 is 5.32 Å². The molecule has 182 valence electrons. The monoisotopic (exact) mass is 464 g/mol. The van der Waals surface area contributed by atoms with Crippen LogP contribution in [0.5, 0.6) is 0 Å². The Balaban J connectivity index is 1.57. The lowest BCUT2D eigenvalue weighted by molar-refractivity contribution is -0.252. The van der Waals surface area contributed by atoms with Crippen molar-refractivity contribution in [3.8, 4) is 0 Å². The molecule has 5 atom stereocenters. The second-order valence-electron chi connectivity index (χ2n) is 9.68. The zero-order chi connectivity index (χ0) is 24.0. The van der Waals surface area contributed by atoms with Crippen molar-refractivity contribution in [3.63, 3.8) is 0 Å². The molecule has 2 heterocycles. The van der Waals surface area contributed by atoms with Gasteiger partial charge < -0.3 is 29.2 Å². The molecule has 9 heteroatoms. The molecule has 1 saturated carbocycles. The highest BCUT2D eigenvalue weighted by molar-refractivity contribution is 5.94. The number of amides is 2. The number of nitrogens with zero attached hydrogens (tertiary/aromatic N) is 1. The van der Waals surface area contributed by atoms with Crippen LogP contribution in [-0.4, -0.2) is 73.4 Å². The Labute approximate surface area is 193 Å². The molecule has 2 amide bonds. The first kappa shape index (κ1) is 23.9. The van der Waals surface area contributed by atoms with Crippen LogP contribution in [0.25, 0.3) is 0 Å². The summed E-state index contributed by atoms with van der Waals surface area (Å²) >= 11 is 0. The van der Waals surface area contributed by atoms with Gasteiger partial charge in [-0.15, -0.1) is 0 Å². The lowest BCUT2D eigenvalue weighted by Crippen LogP contribution is -2.67. The smallest absolute Gasteiger partial charge is 0.408 e. The fraction of sp³-hybridized carbons (Fsp3) is 0.667. The van der Waals surface area contributed by atoms with Gasteiger partial charge in [0.15, 0.2) is 0 Å². The molecule has 0 radical (unpaired) electrons. The highest BCUT2D eigenvalue weighted by atomic mass is 19.1. The number of alkyl halides is 1. The third-order valence-electron chi connectivity index (χ3n) is 7.67. The predicted octanol–water partition coefficient (Wildman–Crippen LogP) is 2.65. The molecule has 1 aromatic carbocycles. The number of carbonyl (C=O) groups is 2. The van der Waals surface area contributed by atoms with E-state index in [9.17, 15) is 9.59 Å². The third kappa shape index (κ3) is 3.61. The van der Waals surface area contributed by atoms with Gasteiger partial charge in [-0.05, 0) is 30.7 Å². The molecule has 0 spiro atoms. The molecule has 1 unspecified atom stereocenters. The number of ether oxygens (including phenoxy) is 4. The zero-order valence-electron chi connectivity index (χ0n) is 19.8. The summed E-state index contributed by atoms with van der Waals surface area (Å²) in [7, 11) is 2.91. The number of hydrogen-bond donors (Lipinski definition) is 1. The lowest BCUT2D eigenvalue weighted by atomic mass is 9.87. The van der Waals surface area contributed by atoms with Crippen LogP contribution in [0.4, 0.5) is 9.18 Å². The summed E-state index contributed by atoms with van der Waals surface area (Å²) in [4.78, 5) is 28.2. The van der Waals surface area contributed by atoms with Gasteiger partial charge in [0.2, 0.25) is 11.7 Å². The van der Waals surface area contributed by atoms with E-state index in [1.807, 2.05) is 44.2 Å². The Bertz CT molecular complexity index is 894. The van der Waals surface area contributed by atoms with E-state index in [0.717, 1.165) is 5.56 Å². The normalized spacial score (nSPS) is 34.3. The third-order valence-corrected chi connectivity index (χ3v) is 7.67. The standard InChI is InChI=1S/C24H33FN2O6/c1-15(2)17-11-23(17,26-21(29)32-13-16-9-7-6-8-10-16)20(28)27-12-18(25)19-22(27,3)24(30-4,31-5)14-33-19/h6-10,15,17-19H,11-14H2,1-5H3,(H,26,29)/t17-,18-,19+,22-,23?/m0/s1. The number of carbonyl (C=O) groups excluding carboxylic acids is 2. The van der Waals surface area contributed by atoms with Gasteiger partial charge in [0.1, 0.15) is 36.6 Å². The predicted molar refractivity (Wildman–Crippen MR) is 117 cm³/mol. The van der Waals surface area contributed by atoms with Crippen LogP contribution in [0, 0.1) is 11.8 Å². The highest BCUT2D eigenvalue weighted by Gasteiger charge is 2.74. The van der Waals surface area contributed by atoms with Crippen LogP contribution in [0.2, 0.25) is 0 Å². The van der Waals surface area contributed by atoms with Crippen molar-refractivity contribution in [2.75, 3.05) is 27.4 Å². The molecule has 3 fully saturated rings. The van der Waals surface area contributed by atoms with Gasteiger partial charge in [0.05, 0.1) is 6.54 Å². The first-order valence-corrected chi connectivity index (χ1v) is 11.3. The molecular formula is C24H33FN2O6. The summed E-state index contributed by atoms with van der Waals surface area (Å²) in [6.45, 7) is 5.64. The molecule has 33 heavy (non-hydrogen) atoms. The zero-order valence-corrected chi connectivity index (χ0v) is 19.8. The molecule has 1 aliphatic carbocycles. The second-order valence-corrected chi connectivity index (χ2v) is 9.68. The molecule has 1 N–H and O–H groups in total.